The molecule has 4 heterocycles. The summed E-state index contributed by atoms with van der Waals surface area (Å²) in [5.41, 5.74) is 16.6. The molecule has 8 aromatic carbocycles. The van der Waals surface area contributed by atoms with Crippen LogP contribution in [0.4, 0.5) is 68.2 Å². The molecule has 8 nitrogen and oxygen atoms in total. The van der Waals surface area contributed by atoms with Crippen molar-refractivity contribution in [2.24, 2.45) is 0 Å². The van der Waals surface area contributed by atoms with Crippen molar-refractivity contribution < 1.29 is 0 Å². The highest BCUT2D eigenvalue weighted by molar-refractivity contribution is 6.33. The molecule has 0 spiro atoms. The molecule has 346 valence electrons. The molecule has 0 aliphatic carbocycles. The Bertz CT molecular complexity index is 3380. The van der Waals surface area contributed by atoms with Crippen LogP contribution < -0.4 is 19.6 Å². The van der Waals surface area contributed by atoms with Crippen LogP contribution in [0.1, 0.15) is 22.3 Å². The van der Waals surface area contributed by atoms with Gasteiger partial charge in [0, 0.05) is 105 Å². The number of nitrogens with zero attached hydrogens (tertiary/aromatic N) is 8. The van der Waals surface area contributed by atoms with Crippen molar-refractivity contribution in [1.29, 1.82) is 0 Å². The van der Waals surface area contributed by atoms with E-state index in [0.717, 1.165) is 123 Å². The third kappa shape index (κ3) is 7.57. The highest BCUT2D eigenvalue weighted by atomic mass is 15.2. The monoisotopic (exact) mass is 930 g/mol. The normalized spacial score (nSPS) is 11.3. The number of anilines is 12. The maximum absolute atomic E-state index is 4.59. The van der Waals surface area contributed by atoms with Gasteiger partial charge in [0.25, 0.3) is 0 Å². The summed E-state index contributed by atoms with van der Waals surface area (Å²) in [7, 11) is 0. The summed E-state index contributed by atoms with van der Waals surface area (Å²) in [4.78, 5) is 28.0. The van der Waals surface area contributed by atoms with E-state index in [2.05, 4.69) is 249 Å². The zero-order valence-electron chi connectivity index (χ0n) is 40.5. The molecule has 4 aromatic heterocycles. The summed E-state index contributed by atoms with van der Waals surface area (Å²) in [6.07, 6.45) is 15.4. The van der Waals surface area contributed by atoms with Crippen molar-refractivity contribution in [1.82, 2.24) is 19.9 Å². The number of benzene rings is 8. The molecule has 0 bridgehead atoms. The van der Waals surface area contributed by atoms with Crippen LogP contribution in [0, 0.1) is 27.7 Å². The van der Waals surface area contributed by atoms with Crippen molar-refractivity contribution in [3.8, 4) is 0 Å². The smallest absolute Gasteiger partial charge is 0.0561 e. The Morgan fingerprint density at radius 1 is 0.250 bits per heavy atom. The number of pyridine rings is 4. The summed E-state index contributed by atoms with van der Waals surface area (Å²) < 4.78 is 0. The molecule has 12 aromatic rings. The molecule has 0 aliphatic rings. The second-order valence-corrected chi connectivity index (χ2v) is 18.2. The summed E-state index contributed by atoms with van der Waals surface area (Å²) in [6, 6.07) is 65.4. The zero-order valence-corrected chi connectivity index (χ0v) is 40.5. The Kier molecular flexibility index (Phi) is 11.3. The van der Waals surface area contributed by atoms with Gasteiger partial charge in [-0.25, -0.2) is 0 Å². The van der Waals surface area contributed by atoms with Gasteiger partial charge in [-0.2, -0.15) is 0 Å². The fraction of sp³-hybridized carbons (Fsp3) is 0.0625. The lowest BCUT2D eigenvalue weighted by molar-refractivity contribution is 1.19. The van der Waals surface area contributed by atoms with E-state index < -0.39 is 0 Å². The van der Waals surface area contributed by atoms with Crippen LogP contribution in [0.3, 0.4) is 0 Å². The Balaban J connectivity index is 1.31. The molecule has 0 saturated heterocycles. The van der Waals surface area contributed by atoms with Crippen LogP contribution in [0.2, 0.25) is 0 Å². The standard InChI is InChI=1S/C64H50N8/c1-43-39-65-33-29-55(43)69(47-17-9-5-10-18-47)59-37-60(70(48-19-11-6-12-20-48)56-30-34-66-40-44(56)2)52-27-28-54-62(72(50-23-15-8-16-24-50)58-32-36-68-42-46(58)4)38-61(53-26-25-51(59)63(52)64(53)54)71(49-21-13-7-14-22-49)57-31-35-67-41-45(57)3/h5-42H,1-4H3. The van der Waals surface area contributed by atoms with Crippen molar-refractivity contribution in [2.75, 3.05) is 19.6 Å². The topological polar surface area (TPSA) is 64.5 Å². The number of aromatic nitrogens is 4. The van der Waals surface area contributed by atoms with Crippen LogP contribution in [-0.2, 0) is 0 Å². The van der Waals surface area contributed by atoms with Gasteiger partial charge in [-0.1, -0.05) is 97.1 Å². The van der Waals surface area contributed by atoms with E-state index in [-0.39, 0.29) is 0 Å². The molecular formula is C64H50N8. The van der Waals surface area contributed by atoms with Gasteiger partial charge >= 0.3 is 0 Å². The second-order valence-electron chi connectivity index (χ2n) is 18.2. The van der Waals surface area contributed by atoms with Crippen LogP contribution in [0.25, 0.3) is 32.3 Å². The summed E-state index contributed by atoms with van der Waals surface area (Å²) >= 11 is 0. The minimum atomic E-state index is 1.03. The van der Waals surface area contributed by atoms with E-state index >= 15 is 0 Å². The molecule has 0 radical (unpaired) electrons. The van der Waals surface area contributed by atoms with E-state index in [4.69, 9.17) is 0 Å². The Morgan fingerprint density at radius 3 is 0.681 bits per heavy atom. The first-order valence-electron chi connectivity index (χ1n) is 24.3. The van der Waals surface area contributed by atoms with Gasteiger partial charge in [-0.3, -0.25) is 19.9 Å². The number of rotatable bonds is 12. The molecule has 0 N–H and O–H groups in total. The molecule has 0 unspecified atom stereocenters. The van der Waals surface area contributed by atoms with E-state index in [1.54, 1.807) is 0 Å². The van der Waals surface area contributed by atoms with Gasteiger partial charge in [-0.05, 0) is 135 Å². The number of hydrogen-bond donors (Lipinski definition) is 0. The first-order valence-corrected chi connectivity index (χ1v) is 24.3. The maximum atomic E-state index is 4.59. The molecule has 0 aliphatic heterocycles. The van der Waals surface area contributed by atoms with Gasteiger partial charge < -0.3 is 19.6 Å². The van der Waals surface area contributed by atoms with Crippen molar-refractivity contribution >= 4 is 101 Å². The van der Waals surface area contributed by atoms with Gasteiger partial charge in [0.15, 0.2) is 0 Å². The minimum Gasteiger partial charge on any atom is -0.309 e. The Hall–Kier alpha value is -9.40. The zero-order chi connectivity index (χ0) is 48.7. The van der Waals surface area contributed by atoms with E-state index in [0.29, 0.717) is 0 Å². The minimum absolute atomic E-state index is 1.03. The quantitative estimate of drug-likeness (QED) is 0.112. The van der Waals surface area contributed by atoms with Crippen molar-refractivity contribution in [3.05, 3.63) is 254 Å². The molecule has 0 amide bonds. The van der Waals surface area contributed by atoms with E-state index in [1.165, 1.54) is 0 Å². The van der Waals surface area contributed by atoms with Gasteiger partial charge in [0.2, 0.25) is 0 Å². The third-order valence-electron chi connectivity index (χ3n) is 13.8. The van der Waals surface area contributed by atoms with Crippen LogP contribution in [0.15, 0.2) is 232 Å². The fourth-order valence-electron chi connectivity index (χ4n) is 10.5. The van der Waals surface area contributed by atoms with Gasteiger partial charge in [0.05, 0.1) is 45.5 Å². The Morgan fingerprint density at radius 2 is 0.472 bits per heavy atom. The number of hydrogen-bond acceptors (Lipinski definition) is 8. The van der Waals surface area contributed by atoms with E-state index in [1.807, 2.05) is 49.6 Å². The highest BCUT2D eigenvalue weighted by Crippen LogP contribution is 2.55. The lowest BCUT2D eigenvalue weighted by Gasteiger charge is -2.35. The van der Waals surface area contributed by atoms with Crippen LogP contribution in [0.5, 0.6) is 0 Å². The van der Waals surface area contributed by atoms with E-state index in [9.17, 15) is 0 Å². The molecular weight excluding hydrogens is 881 g/mol. The SMILES string of the molecule is Cc1cnccc1N(c1ccccc1)c1cc(N(c2ccccc2)c2ccncc2C)c2ccc3c(N(c4ccccc4)c4ccncc4C)cc(N(c4ccccc4)c4ccncc4C)c4ccc1c2c43. The van der Waals surface area contributed by atoms with Crippen molar-refractivity contribution in [2.45, 2.75) is 27.7 Å². The van der Waals surface area contributed by atoms with Crippen LogP contribution >= 0.6 is 0 Å². The largest absolute Gasteiger partial charge is 0.309 e. The summed E-state index contributed by atoms with van der Waals surface area (Å²) in [5.74, 6) is 0. The average Bonchev–Trinajstić information content (AvgIpc) is 3.42. The molecule has 8 heteroatoms. The van der Waals surface area contributed by atoms with Crippen molar-refractivity contribution in [3.63, 3.8) is 0 Å². The highest BCUT2D eigenvalue weighted by Gasteiger charge is 2.30. The molecule has 12 rings (SSSR count). The molecule has 0 atom stereocenters. The molecule has 0 saturated carbocycles. The number of para-hydroxylation sites is 4. The second kappa shape index (κ2) is 18.5. The van der Waals surface area contributed by atoms with Gasteiger partial charge in [0.1, 0.15) is 0 Å². The molecule has 72 heavy (non-hydrogen) atoms. The third-order valence-corrected chi connectivity index (χ3v) is 13.8. The van der Waals surface area contributed by atoms with Gasteiger partial charge in [-0.15, -0.1) is 0 Å². The maximum Gasteiger partial charge on any atom is 0.0561 e. The first-order chi connectivity index (χ1) is 35.4. The Labute approximate surface area is 419 Å². The average molecular weight is 931 g/mol. The fourth-order valence-corrected chi connectivity index (χ4v) is 10.5. The lowest BCUT2D eigenvalue weighted by Crippen LogP contribution is -2.17. The lowest BCUT2D eigenvalue weighted by atomic mass is 9.89. The molecule has 0 fully saturated rings. The van der Waals surface area contributed by atoms with Crippen LogP contribution in [-0.4, -0.2) is 19.9 Å². The predicted octanol–water partition coefficient (Wildman–Crippen LogP) is 17.3. The summed E-state index contributed by atoms with van der Waals surface area (Å²) in [6.45, 7) is 8.57. The first kappa shape index (κ1) is 43.9. The number of aryl methyl sites for hydroxylation is 4. The summed E-state index contributed by atoms with van der Waals surface area (Å²) in [5, 5.41) is 6.69. The predicted molar refractivity (Wildman–Crippen MR) is 299 cm³/mol.